The van der Waals surface area contributed by atoms with Gasteiger partial charge in [0.1, 0.15) is 11.6 Å². The van der Waals surface area contributed by atoms with Crippen molar-refractivity contribution in [3.05, 3.63) is 75.6 Å². The Morgan fingerprint density at radius 2 is 1.67 bits per heavy atom. The smallest absolute Gasteiger partial charge is 0.306 e. The molecule has 0 saturated heterocycles. The maximum Gasteiger partial charge on any atom is 0.416 e. The van der Waals surface area contributed by atoms with Gasteiger partial charge in [0.25, 0.3) is 5.91 Å². The van der Waals surface area contributed by atoms with Crippen LogP contribution in [-0.2, 0) is 11.6 Å². The number of amides is 1. The van der Waals surface area contributed by atoms with Crippen LogP contribution in [0, 0.1) is 5.82 Å². The second-order valence-corrected chi connectivity index (χ2v) is 8.65. The summed E-state index contributed by atoms with van der Waals surface area (Å²) in [7, 11) is 0. The van der Waals surface area contributed by atoms with Crippen molar-refractivity contribution in [2.45, 2.75) is 32.4 Å². The molecule has 0 aliphatic carbocycles. The third-order valence-corrected chi connectivity index (χ3v) is 4.81. The van der Waals surface area contributed by atoms with Crippen LogP contribution in [0.4, 0.5) is 23.4 Å². The molecule has 3 aromatic rings. The second-order valence-electron chi connectivity index (χ2n) is 7.73. The van der Waals surface area contributed by atoms with Gasteiger partial charge in [-0.15, -0.1) is 0 Å². The number of halogens is 5. The molecule has 1 N–H and O–H groups in total. The molecule has 0 spiro atoms. The van der Waals surface area contributed by atoms with Crippen molar-refractivity contribution in [1.82, 2.24) is 9.78 Å². The van der Waals surface area contributed by atoms with Crippen LogP contribution < -0.4 is 5.32 Å². The van der Waals surface area contributed by atoms with E-state index in [1.165, 1.54) is 4.68 Å². The van der Waals surface area contributed by atoms with E-state index in [9.17, 15) is 22.4 Å². The predicted molar refractivity (Wildman–Crippen MR) is 109 cm³/mol. The monoisotopic (exact) mass is 483 g/mol. The average molecular weight is 484 g/mol. The topological polar surface area (TPSA) is 46.9 Å². The first-order valence-electron chi connectivity index (χ1n) is 8.90. The number of nitrogens with zero attached hydrogens (tertiary/aromatic N) is 2. The summed E-state index contributed by atoms with van der Waals surface area (Å²) >= 11 is 3.35. The number of hydrogen-bond acceptors (Lipinski definition) is 2. The Hall–Kier alpha value is -2.68. The highest BCUT2D eigenvalue weighted by molar-refractivity contribution is 9.10. The van der Waals surface area contributed by atoms with Gasteiger partial charge in [-0.3, -0.25) is 4.79 Å². The molecule has 158 valence electrons. The Labute approximate surface area is 179 Å². The number of carbonyl (C=O) groups excluding carboxylic acids is 1. The molecule has 0 radical (unpaired) electrons. The molecule has 2 aromatic carbocycles. The van der Waals surface area contributed by atoms with Gasteiger partial charge < -0.3 is 5.32 Å². The molecule has 3 rings (SSSR count). The molecule has 0 bridgehead atoms. The third kappa shape index (κ3) is 4.89. The standard InChI is InChI=1S/C21H18BrF4N3O/c1-20(2,3)17-11-18(29(28-17)16-6-4-14(22)5-7-16)27-19(30)12-8-13(21(24,25)26)10-15(23)9-12/h4-11H,1-3H3,(H,27,30). The van der Waals surface area contributed by atoms with Gasteiger partial charge in [0.2, 0.25) is 0 Å². The lowest BCUT2D eigenvalue weighted by atomic mass is 9.92. The molecular weight excluding hydrogens is 466 g/mol. The Bertz CT molecular complexity index is 1080. The molecule has 1 amide bonds. The van der Waals surface area contributed by atoms with Gasteiger partial charge in [-0.05, 0) is 42.5 Å². The first-order valence-corrected chi connectivity index (χ1v) is 9.69. The minimum absolute atomic E-state index is 0.255. The van der Waals surface area contributed by atoms with Crippen LogP contribution in [0.2, 0.25) is 0 Å². The lowest BCUT2D eigenvalue weighted by Crippen LogP contribution is -2.17. The van der Waals surface area contributed by atoms with Gasteiger partial charge in [0.15, 0.2) is 0 Å². The molecule has 0 unspecified atom stereocenters. The van der Waals surface area contributed by atoms with Crippen molar-refractivity contribution in [3.63, 3.8) is 0 Å². The van der Waals surface area contributed by atoms with E-state index in [4.69, 9.17) is 0 Å². The first kappa shape index (κ1) is 22.0. The van der Waals surface area contributed by atoms with Gasteiger partial charge in [0.05, 0.1) is 16.9 Å². The van der Waals surface area contributed by atoms with E-state index in [-0.39, 0.29) is 11.2 Å². The molecular formula is C21H18BrF4N3O. The maximum absolute atomic E-state index is 13.7. The Morgan fingerprint density at radius 1 is 1.03 bits per heavy atom. The summed E-state index contributed by atoms with van der Waals surface area (Å²) in [4.78, 5) is 12.6. The normalized spacial score (nSPS) is 12.1. The van der Waals surface area contributed by atoms with Crippen LogP contribution >= 0.6 is 15.9 Å². The number of benzene rings is 2. The Kier molecular flexibility index (Phi) is 5.77. The highest BCUT2D eigenvalue weighted by atomic mass is 79.9. The zero-order valence-electron chi connectivity index (χ0n) is 16.3. The fraction of sp³-hybridized carbons (Fsp3) is 0.238. The van der Waals surface area contributed by atoms with Crippen molar-refractivity contribution in [2.75, 3.05) is 5.32 Å². The van der Waals surface area contributed by atoms with Gasteiger partial charge in [-0.25, -0.2) is 9.07 Å². The number of alkyl halides is 3. The summed E-state index contributed by atoms with van der Waals surface area (Å²) in [6.07, 6.45) is -4.77. The number of anilines is 1. The van der Waals surface area contributed by atoms with E-state index in [1.54, 1.807) is 30.3 Å². The highest BCUT2D eigenvalue weighted by Gasteiger charge is 2.32. The van der Waals surface area contributed by atoms with Crippen LogP contribution in [0.1, 0.15) is 42.4 Å². The highest BCUT2D eigenvalue weighted by Crippen LogP contribution is 2.31. The number of hydrogen-bond donors (Lipinski definition) is 1. The molecule has 9 heteroatoms. The van der Waals surface area contributed by atoms with E-state index < -0.39 is 29.0 Å². The zero-order chi connectivity index (χ0) is 22.3. The van der Waals surface area contributed by atoms with Crippen molar-refractivity contribution in [1.29, 1.82) is 0 Å². The van der Waals surface area contributed by atoms with E-state index in [0.29, 0.717) is 23.5 Å². The lowest BCUT2D eigenvalue weighted by molar-refractivity contribution is -0.137. The molecule has 0 atom stereocenters. The summed E-state index contributed by atoms with van der Waals surface area (Å²) in [5.41, 5.74) is -0.717. The van der Waals surface area contributed by atoms with Crippen LogP contribution in [0.25, 0.3) is 5.69 Å². The summed E-state index contributed by atoms with van der Waals surface area (Å²) in [6.45, 7) is 5.82. The molecule has 0 fully saturated rings. The van der Waals surface area contributed by atoms with Gasteiger partial charge in [0, 0.05) is 21.5 Å². The van der Waals surface area contributed by atoms with Crippen LogP contribution in [0.5, 0.6) is 0 Å². The summed E-state index contributed by atoms with van der Waals surface area (Å²) in [6, 6.07) is 10.5. The third-order valence-electron chi connectivity index (χ3n) is 4.28. The fourth-order valence-corrected chi connectivity index (χ4v) is 2.95. The number of rotatable bonds is 3. The van der Waals surface area contributed by atoms with E-state index in [0.717, 1.165) is 10.5 Å². The molecule has 0 saturated carbocycles. The lowest BCUT2D eigenvalue weighted by Gasteiger charge is -2.14. The van der Waals surface area contributed by atoms with Crippen LogP contribution in [0.3, 0.4) is 0 Å². The second kappa shape index (κ2) is 7.86. The summed E-state index contributed by atoms with van der Waals surface area (Å²) in [5.74, 6) is -1.77. The minimum atomic E-state index is -4.77. The van der Waals surface area contributed by atoms with E-state index >= 15 is 0 Å². The SMILES string of the molecule is CC(C)(C)c1cc(NC(=O)c2cc(F)cc(C(F)(F)F)c2)n(-c2ccc(Br)cc2)n1. The van der Waals surface area contributed by atoms with Crippen LogP contribution in [0.15, 0.2) is 53.0 Å². The number of carbonyl (C=O) groups is 1. The van der Waals surface area contributed by atoms with Crippen LogP contribution in [-0.4, -0.2) is 15.7 Å². The number of aromatic nitrogens is 2. The van der Waals surface area contributed by atoms with Crippen molar-refractivity contribution in [2.24, 2.45) is 0 Å². The summed E-state index contributed by atoms with van der Waals surface area (Å²) in [5, 5.41) is 7.09. The number of nitrogens with one attached hydrogen (secondary N) is 1. The van der Waals surface area contributed by atoms with Gasteiger partial charge in [-0.1, -0.05) is 36.7 Å². The summed E-state index contributed by atoms with van der Waals surface area (Å²) < 4.78 is 54.9. The Morgan fingerprint density at radius 3 is 2.23 bits per heavy atom. The van der Waals surface area contributed by atoms with Gasteiger partial charge >= 0.3 is 6.18 Å². The molecule has 4 nitrogen and oxygen atoms in total. The van der Waals surface area contributed by atoms with Crippen molar-refractivity contribution in [3.8, 4) is 5.69 Å². The maximum atomic E-state index is 13.7. The van der Waals surface area contributed by atoms with Crippen molar-refractivity contribution >= 4 is 27.7 Å². The first-order chi connectivity index (χ1) is 13.8. The predicted octanol–water partition coefficient (Wildman–Crippen LogP) is 6.34. The zero-order valence-corrected chi connectivity index (χ0v) is 17.9. The minimum Gasteiger partial charge on any atom is -0.306 e. The largest absolute Gasteiger partial charge is 0.416 e. The molecule has 0 aliphatic heterocycles. The molecule has 30 heavy (non-hydrogen) atoms. The quantitative estimate of drug-likeness (QED) is 0.441. The fourth-order valence-electron chi connectivity index (χ4n) is 2.69. The van der Waals surface area contributed by atoms with E-state index in [2.05, 4.69) is 26.3 Å². The molecule has 1 heterocycles. The van der Waals surface area contributed by atoms with Crippen molar-refractivity contribution < 1.29 is 22.4 Å². The van der Waals surface area contributed by atoms with Gasteiger partial charge in [-0.2, -0.15) is 18.3 Å². The van der Waals surface area contributed by atoms with E-state index in [1.807, 2.05) is 20.8 Å². The Balaban J connectivity index is 2.02. The molecule has 0 aliphatic rings. The molecule has 1 aromatic heterocycles. The average Bonchev–Trinajstić information content (AvgIpc) is 3.05.